The molecule has 9 heteroatoms. The third-order valence-electron chi connectivity index (χ3n) is 9.08. The van der Waals surface area contributed by atoms with Crippen LogP contribution in [0.5, 0.6) is 0 Å². The fourth-order valence-corrected chi connectivity index (χ4v) is 7.16. The van der Waals surface area contributed by atoms with Crippen LogP contribution in [0, 0.1) is 11.8 Å². The molecule has 3 amide bonds. The van der Waals surface area contributed by atoms with Gasteiger partial charge in [-0.2, -0.15) is 0 Å². The number of imide groups is 1. The zero-order chi connectivity index (χ0) is 31.7. The number of hydrogen-bond donors (Lipinski definition) is 1. The highest BCUT2D eigenvalue weighted by Gasteiger charge is 2.63. The molecule has 0 saturated carbocycles. The Bertz CT molecular complexity index is 1530. The van der Waals surface area contributed by atoms with E-state index in [1.54, 1.807) is 12.1 Å². The minimum Gasteiger partial charge on any atom is -0.462 e. The molecule has 9 nitrogen and oxygen atoms in total. The highest BCUT2D eigenvalue weighted by atomic mass is 16.5. The van der Waals surface area contributed by atoms with Crippen LogP contribution >= 0.6 is 0 Å². The second-order valence-corrected chi connectivity index (χ2v) is 11.8. The van der Waals surface area contributed by atoms with Crippen molar-refractivity contribution in [1.82, 2.24) is 4.90 Å². The summed E-state index contributed by atoms with van der Waals surface area (Å²) < 4.78 is 10.5. The van der Waals surface area contributed by atoms with E-state index in [0.717, 1.165) is 33.6 Å². The number of likely N-dealkylation sites (tertiary alicyclic amines) is 1. The van der Waals surface area contributed by atoms with Gasteiger partial charge in [0.1, 0.15) is 6.04 Å². The summed E-state index contributed by atoms with van der Waals surface area (Å²) in [5, 5.41) is 2.64. The lowest BCUT2D eigenvalue weighted by Gasteiger charge is -2.45. The zero-order valence-corrected chi connectivity index (χ0v) is 25.4. The van der Waals surface area contributed by atoms with Gasteiger partial charge in [-0.25, -0.2) is 9.59 Å². The lowest BCUT2D eigenvalue weighted by Crippen LogP contribution is -2.47. The largest absolute Gasteiger partial charge is 0.462 e. The number of benzene rings is 3. The summed E-state index contributed by atoms with van der Waals surface area (Å²) in [5.41, 5.74) is 4.99. The fraction of sp³-hybridized carbons (Fsp3) is 0.361. The number of amides is 3. The van der Waals surface area contributed by atoms with Crippen LogP contribution in [0.4, 0.5) is 5.69 Å². The summed E-state index contributed by atoms with van der Waals surface area (Å²) in [6.07, 6.45) is 2.30. The summed E-state index contributed by atoms with van der Waals surface area (Å²) in [4.78, 5) is 67.7. The zero-order valence-electron chi connectivity index (χ0n) is 25.4. The first-order valence-electron chi connectivity index (χ1n) is 15.6. The average molecular weight is 609 g/mol. The van der Waals surface area contributed by atoms with E-state index in [1.165, 1.54) is 12.1 Å². The summed E-state index contributed by atoms with van der Waals surface area (Å²) in [5.74, 6) is -4.29. The van der Waals surface area contributed by atoms with Gasteiger partial charge in [-0.1, -0.05) is 75.2 Å². The second-order valence-electron chi connectivity index (χ2n) is 11.8. The number of carbonyl (C=O) groups is 5. The van der Waals surface area contributed by atoms with E-state index in [9.17, 15) is 24.0 Å². The van der Waals surface area contributed by atoms with Crippen LogP contribution in [0.15, 0.2) is 72.8 Å². The van der Waals surface area contributed by atoms with Crippen molar-refractivity contribution in [1.29, 1.82) is 0 Å². The Morgan fingerprint density at radius 1 is 0.756 bits per heavy atom. The van der Waals surface area contributed by atoms with Gasteiger partial charge in [0, 0.05) is 17.5 Å². The minimum absolute atomic E-state index is 0.249. The molecular formula is C36H36N2O7. The lowest BCUT2D eigenvalue weighted by molar-refractivity contribution is -0.160. The quantitative estimate of drug-likeness (QED) is 0.235. The highest BCUT2D eigenvalue weighted by Crippen LogP contribution is 2.61. The molecule has 232 valence electrons. The fourth-order valence-electron chi connectivity index (χ4n) is 7.16. The van der Waals surface area contributed by atoms with Crippen molar-refractivity contribution in [3.8, 4) is 0 Å². The molecule has 1 heterocycles. The van der Waals surface area contributed by atoms with Crippen LogP contribution in [0.25, 0.3) is 0 Å². The first-order chi connectivity index (χ1) is 21.8. The number of rotatable bonds is 11. The van der Waals surface area contributed by atoms with E-state index in [2.05, 4.69) is 5.32 Å². The average Bonchev–Trinajstić information content (AvgIpc) is 3.32. The molecular weight excluding hydrogens is 572 g/mol. The first-order valence-corrected chi connectivity index (χ1v) is 15.6. The summed E-state index contributed by atoms with van der Waals surface area (Å²) in [7, 11) is 0. The van der Waals surface area contributed by atoms with Gasteiger partial charge in [0.05, 0.1) is 24.0 Å². The van der Waals surface area contributed by atoms with E-state index in [-0.39, 0.29) is 30.1 Å². The molecule has 3 aromatic carbocycles. The van der Waals surface area contributed by atoms with Crippen molar-refractivity contribution in [2.45, 2.75) is 57.4 Å². The van der Waals surface area contributed by atoms with Crippen LogP contribution in [-0.4, -0.2) is 53.8 Å². The number of esters is 2. The Kier molecular flexibility index (Phi) is 8.52. The number of unbranched alkanes of at least 4 members (excludes halogenated alkanes) is 1. The number of nitrogens with one attached hydrogen (secondary N) is 1. The Labute approximate surface area is 261 Å². The molecule has 1 N–H and O–H groups in total. The van der Waals surface area contributed by atoms with Crippen molar-refractivity contribution in [2.75, 3.05) is 18.5 Å². The van der Waals surface area contributed by atoms with Gasteiger partial charge in [-0.05, 0) is 59.4 Å². The van der Waals surface area contributed by atoms with Crippen LogP contribution < -0.4 is 5.32 Å². The number of anilines is 1. The van der Waals surface area contributed by atoms with E-state index >= 15 is 0 Å². The lowest BCUT2D eigenvalue weighted by atomic mass is 9.55. The van der Waals surface area contributed by atoms with Gasteiger partial charge in [0.2, 0.25) is 11.8 Å². The molecule has 2 bridgehead atoms. The van der Waals surface area contributed by atoms with Gasteiger partial charge < -0.3 is 14.8 Å². The predicted octanol–water partition coefficient (Wildman–Crippen LogP) is 5.19. The molecule has 0 aromatic heterocycles. The number of carbonyl (C=O) groups excluding carboxylic acids is 5. The van der Waals surface area contributed by atoms with E-state index in [1.807, 2.05) is 62.4 Å². The van der Waals surface area contributed by atoms with E-state index in [0.29, 0.717) is 30.7 Å². The van der Waals surface area contributed by atoms with Crippen molar-refractivity contribution in [3.05, 3.63) is 101 Å². The molecule has 1 saturated heterocycles. The monoisotopic (exact) mass is 608 g/mol. The maximum Gasteiger partial charge on any atom is 0.338 e. The van der Waals surface area contributed by atoms with Crippen molar-refractivity contribution >= 4 is 35.3 Å². The SMILES string of the molecule is CCCC[C@H](C(=O)OCC(=O)Nc1ccc(C(=O)OCCC)cc1)N1C(=O)[C@@H]2C3c4ccccc4C(c4ccccc43)[C@H]2C1=O. The van der Waals surface area contributed by atoms with Gasteiger partial charge in [-0.15, -0.1) is 0 Å². The standard InChI is InChI=1S/C36H36N2O7/c1-3-5-14-27(36(43)45-20-28(39)37-22-17-15-21(16-18-22)35(42)44-19-4-2)38-33(40)31-29-23-10-6-7-11-24(23)30(32(31)34(38)41)26-13-9-8-12-25(26)29/h6-13,15-18,27,29-32H,3-5,14,19-20H2,1-2H3,(H,37,39)/t27-,29?,30?,31-,32-/m1/s1. The van der Waals surface area contributed by atoms with Crippen molar-refractivity contribution in [2.24, 2.45) is 11.8 Å². The Hall–Kier alpha value is -4.79. The molecule has 3 aromatic rings. The molecule has 1 aliphatic heterocycles. The number of hydrogen-bond acceptors (Lipinski definition) is 7. The van der Waals surface area contributed by atoms with E-state index in [4.69, 9.17) is 9.47 Å². The predicted molar refractivity (Wildman–Crippen MR) is 165 cm³/mol. The highest BCUT2D eigenvalue weighted by molar-refractivity contribution is 6.10. The van der Waals surface area contributed by atoms with Gasteiger partial charge >= 0.3 is 11.9 Å². The summed E-state index contributed by atoms with van der Waals surface area (Å²) in [6, 6.07) is 21.0. The molecule has 1 fully saturated rings. The van der Waals surface area contributed by atoms with Crippen LogP contribution in [0.2, 0.25) is 0 Å². The van der Waals surface area contributed by atoms with E-state index < -0.39 is 42.3 Å². The minimum atomic E-state index is -1.12. The van der Waals surface area contributed by atoms with Gasteiger partial charge in [0.25, 0.3) is 5.91 Å². The Morgan fingerprint density at radius 2 is 1.29 bits per heavy atom. The molecule has 7 rings (SSSR count). The molecule has 3 aliphatic carbocycles. The molecule has 0 spiro atoms. The number of ether oxygens (including phenoxy) is 2. The maximum absolute atomic E-state index is 14.2. The third-order valence-corrected chi connectivity index (χ3v) is 9.08. The van der Waals surface area contributed by atoms with Crippen LogP contribution in [0.1, 0.15) is 84.0 Å². The van der Waals surface area contributed by atoms with Crippen LogP contribution in [0.3, 0.4) is 0 Å². The second kappa shape index (κ2) is 12.7. The summed E-state index contributed by atoms with van der Waals surface area (Å²) >= 11 is 0. The molecule has 45 heavy (non-hydrogen) atoms. The topological polar surface area (TPSA) is 119 Å². The smallest absolute Gasteiger partial charge is 0.338 e. The Morgan fingerprint density at radius 3 is 1.78 bits per heavy atom. The summed E-state index contributed by atoms with van der Waals surface area (Å²) in [6.45, 7) is 3.60. The van der Waals surface area contributed by atoms with Crippen LogP contribution in [-0.2, 0) is 28.7 Å². The number of nitrogens with zero attached hydrogens (tertiary/aromatic N) is 1. The Balaban J connectivity index is 1.17. The van der Waals surface area contributed by atoms with Crippen molar-refractivity contribution < 1.29 is 33.4 Å². The normalized spacial score (nSPS) is 21.4. The third kappa shape index (κ3) is 5.41. The maximum atomic E-state index is 14.2. The molecule has 0 unspecified atom stereocenters. The van der Waals surface area contributed by atoms with Gasteiger partial charge in [-0.3, -0.25) is 19.3 Å². The first kappa shape index (κ1) is 30.2. The molecule has 4 aliphatic rings. The molecule has 0 radical (unpaired) electrons. The van der Waals surface area contributed by atoms with Gasteiger partial charge in [0.15, 0.2) is 6.61 Å². The van der Waals surface area contributed by atoms with Crippen molar-refractivity contribution in [3.63, 3.8) is 0 Å². The molecule has 3 atom stereocenters.